The maximum absolute atomic E-state index is 12.4. The van der Waals surface area contributed by atoms with Gasteiger partial charge in [-0.05, 0) is 82.4 Å². The number of carbonyl (C=O) groups is 1. The van der Waals surface area contributed by atoms with E-state index >= 15 is 0 Å². The van der Waals surface area contributed by atoms with Gasteiger partial charge in [0.1, 0.15) is 0 Å². The van der Waals surface area contributed by atoms with Crippen LogP contribution in [0.1, 0.15) is 51.4 Å². The first kappa shape index (κ1) is 17.0. The number of hydrogen-bond acceptors (Lipinski definition) is 1. The van der Waals surface area contributed by atoms with Crippen LogP contribution < -0.4 is 5.32 Å². The first-order valence-electron chi connectivity index (χ1n) is 6.28. The lowest BCUT2D eigenvalue weighted by molar-refractivity contribution is 0.0890. The molecule has 1 aromatic rings. The predicted molar refractivity (Wildman–Crippen MR) is 92.5 cm³/mol. The lowest BCUT2D eigenvalue weighted by Gasteiger charge is -2.33. The molecule has 0 saturated carbocycles. The molecule has 0 fully saturated rings. The van der Waals surface area contributed by atoms with Crippen molar-refractivity contribution in [2.75, 3.05) is 0 Å². The molecule has 0 atom stereocenters. The van der Waals surface area contributed by atoms with Crippen molar-refractivity contribution >= 4 is 44.4 Å². The Labute approximate surface area is 138 Å². The van der Waals surface area contributed by atoms with Gasteiger partial charge in [0, 0.05) is 13.6 Å². The molecule has 0 unspecified atom stereocenters. The molecule has 0 aliphatic carbocycles. The summed E-state index contributed by atoms with van der Waals surface area (Å²) in [4.78, 5) is 12.4. The van der Waals surface area contributed by atoms with Crippen molar-refractivity contribution in [2.24, 2.45) is 5.41 Å². The molecule has 4 heteroatoms. The van der Waals surface area contributed by atoms with Crippen LogP contribution in [-0.2, 0) is 0 Å². The number of rotatable bonds is 3. The molecule has 0 bridgehead atoms. The highest BCUT2D eigenvalue weighted by Gasteiger charge is 2.27. The summed E-state index contributed by atoms with van der Waals surface area (Å²) < 4.78 is 1.89. The Bertz CT molecular complexity index is 478. The Hall–Kier alpha value is -0.100. The van der Waals surface area contributed by atoms with Crippen molar-refractivity contribution in [1.29, 1.82) is 0 Å². The molecule has 106 valence electrons. The highest BCUT2D eigenvalue weighted by molar-refractivity contribution is 14.1. The van der Waals surface area contributed by atoms with Crippen LogP contribution in [0.15, 0.2) is 22.7 Å². The first-order valence-corrected chi connectivity index (χ1v) is 8.15. The Morgan fingerprint density at radius 3 is 2.37 bits per heavy atom. The Morgan fingerprint density at radius 1 is 1.26 bits per heavy atom. The minimum atomic E-state index is -0.226. The summed E-state index contributed by atoms with van der Waals surface area (Å²) in [6.45, 7) is 10.7. The quantitative estimate of drug-likeness (QED) is 0.662. The van der Waals surface area contributed by atoms with Crippen LogP contribution in [0.5, 0.6) is 0 Å². The number of benzene rings is 1. The van der Waals surface area contributed by atoms with Gasteiger partial charge in [-0.25, -0.2) is 0 Å². The van der Waals surface area contributed by atoms with Crippen LogP contribution in [0, 0.1) is 8.99 Å². The maximum atomic E-state index is 12.4. The van der Waals surface area contributed by atoms with Crippen LogP contribution in [0.3, 0.4) is 0 Å². The Morgan fingerprint density at radius 2 is 1.84 bits per heavy atom. The molecule has 0 heterocycles. The van der Waals surface area contributed by atoms with Gasteiger partial charge < -0.3 is 5.32 Å². The zero-order chi connectivity index (χ0) is 14.8. The van der Waals surface area contributed by atoms with E-state index in [1.165, 1.54) is 0 Å². The molecule has 1 rings (SSSR count). The van der Waals surface area contributed by atoms with Gasteiger partial charge in [0.25, 0.3) is 5.91 Å². The van der Waals surface area contributed by atoms with Crippen molar-refractivity contribution in [2.45, 2.75) is 46.6 Å². The van der Waals surface area contributed by atoms with Crippen molar-refractivity contribution < 1.29 is 4.79 Å². The Kier molecular flexibility index (Phi) is 5.46. The number of carbonyl (C=O) groups excluding carboxylic acids is 1. The number of nitrogens with one attached hydrogen (secondary N) is 1. The fourth-order valence-corrected chi connectivity index (χ4v) is 3.33. The standard InChI is InChI=1S/C15H21BrINO/c1-14(2,3)9-15(4,5)18-13(19)11-8-10(17)6-7-12(11)16/h6-8H,9H2,1-5H3,(H,18,19). The van der Waals surface area contributed by atoms with E-state index in [1.54, 1.807) is 0 Å². The number of hydrogen-bond donors (Lipinski definition) is 1. The second-order valence-corrected chi connectivity index (χ2v) is 8.80. The Balaban J connectivity index is 2.87. The minimum absolute atomic E-state index is 0.0281. The van der Waals surface area contributed by atoms with E-state index in [0.717, 1.165) is 14.5 Å². The van der Waals surface area contributed by atoms with Crippen LogP contribution >= 0.6 is 38.5 Å². The van der Waals surface area contributed by atoms with Gasteiger partial charge >= 0.3 is 0 Å². The largest absolute Gasteiger partial charge is 0.347 e. The van der Waals surface area contributed by atoms with Crippen LogP contribution in [0.2, 0.25) is 0 Å². The van der Waals surface area contributed by atoms with Crippen LogP contribution in [-0.4, -0.2) is 11.4 Å². The van der Waals surface area contributed by atoms with Crippen LogP contribution in [0.25, 0.3) is 0 Å². The van der Waals surface area contributed by atoms with E-state index in [0.29, 0.717) is 5.56 Å². The molecule has 0 aromatic heterocycles. The van der Waals surface area contributed by atoms with Gasteiger partial charge in [0.2, 0.25) is 0 Å². The zero-order valence-electron chi connectivity index (χ0n) is 12.1. The fraction of sp³-hybridized carbons (Fsp3) is 0.533. The summed E-state index contributed by atoms with van der Waals surface area (Å²) in [7, 11) is 0. The van der Waals surface area contributed by atoms with Crippen molar-refractivity contribution in [3.05, 3.63) is 31.8 Å². The number of amides is 1. The highest BCUT2D eigenvalue weighted by atomic mass is 127. The van der Waals surface area contributed by atoms with E-state index in [4.69, 9.17) is 0 Å². The number of halogens is 2. The highest BCUT2D eigenvalue weighted by Crippen LogP contribution is 2.27. The monoisotopic (exact) mass is 437 g/mol. The van der Waals surface area contributed by atoms with Gasteiger partial charge in [0.05, 0.1) is 5.56 Å². The molecule has 1 N–H and O–H groups in total. The van der Waals surface area contributed by atoms with E-state index in [9.17, 15) is 4.79 Å². The molecule has 0 radical (unpaired) electrons. The second-order valence-electron chi connectivity index (χ2n) is 6.70. The van der Waals surface area contributed by atoms with E-state index in [2.05, 4.69) is 78.5 Å². The van der Waals surface area contributed by atoms with Gasteiger partial charge in [-0.3, -0.25) is 4.79 Å². The molecule has 0 spiro atoms. The van der Waals surface area contributed by atoms with Gasteiger partial charge in [-0.2, -0.15) is 0 Å². The topological polar surface area (TPSA) is 29.1 Å². The third-order valence-corrected chi connectivity index (χ3v) is 3.96. The van der Waals surface area contributed by atoms with Gasteiger partial charge in [0.15, 0.2) is 0 Å². The van der Waals surface area contributed by atoms with E-state index in [1.807, 2.05) is 18.2 Å². The summed E-state index contributed by atoms with van der Waals surface area (Å²) in [5.41, 5.74) is 0.642. The average molecular weight is 438 g/mol. The first-order chi connectivity index (χ1) is 8.50. The van der Waals surface area contributed by atoms with Crippen molar-refractivity contribution in [1.82, 2.24) is 5.32 Å². The van der Waals surface area contributed by atoms with Crippen LogP contribution in [0.4, 0.5) is 0 Å². The molecular formula is C15H21BrINO. The van der Waals surface area contributed by atoms with Crippen molar-refractivity contribution in [3.8, 4) is 0 Å². The predicted octanol–water partition coefficient (Wildman–Crippen LogP) is 5.00. The summed E-state index contributed by atoms with van der Waals surface area (Å²) >= 11 is 5.65. The smallest absolute Gasteiger partial charge is 0.252 e. The third-order valence-electron chi connectivity index (χ3n) is 2.60. The molecule has 0 aliphatic heterocycles. The third kappa shape index (κ3) is 5.81. The second kappa shape index (κ2) is 6.12. The van der Waals surface area contributed by atoms with Crippen molar-refractivity contribution in [3.63, 3.8) is 0 Å². The summed E-state index contributed by atoms with van der Waals surface area (Å²) in [6, 6.07) is 5.78. The lowest BCUT2D eigenvalue weighted by atomic mass is 9.81. The summed E-state index contributed by atoms with van der Waals surface area (Å²) in [6.07, 6.45) is 0.924. The molecule has 1 aromatic carbocycles. The van der Waals surface area contributed by atoms with E-state index < -0.39 is 0 Å². The average Bonchev–Trinajstić information content (AvgIpc) is 2.16. The maximum Gasteiger partial charge on any atom is 0.252 e. The summed E-state index contributed by atoms with van der Waals surface area (Å²) in [5.74, 6) is -0.0281. The molecule has 19 heavy (non-hydrogen) atoms. The SMILES string of the molecule is CC(C)(C)CC(C)(C)NC(=O)c1cc(I)ccc1Br. The molecule has 0 aliphatic rings. The molecule has 2 nitrogen and oxygen atoms in total. The molecular weight excluding hydrogens is 417 g/mol. The fourth-order valence-electron chi connectivity index (χ4n) is 2.42. The molecule has 1 amide bonds. The van der Waals surface area contributed by atoms with Gasteiger partial charge in [-0.1, -0.05) is 20.8 Å². The normalized spacial score (nSPS) is 12.4. The minimum Gasteiger partial charge on any atom is -0.347 e. The lowest BCUT2D eigenvalue weighted by Crippen LogP contribution is -2.45. The zero-order valence-corrected chi connectivity index (χ0v) is 15.8. The molecule has 0 saturated heterocycles. The van der Waals surface area contributed by atoms with E-state index in [-0.39, 0.29) is 16.9 Å². The summed E-state index contributed by atoms with van der Waals surface area (Å²) in [5, 5.41) is 3.12. The van der Waals surface area contributed by atoms with Gasteiger partial charge in [-0.15, -0.1) is 0 Å².